The minimum atomic E-state index is -4.33. The Kier molecular flexibility index (Phi) is 11.3. The molecule has 4 rings (SSSR count). The topological polar surface area (TPSA) is 105 Å². The van der Waals surface area contributed by atoms with E-state index >= 15 is 0 Å². The molecule has 45 heavy (non-hydrogen) atoms. The van der Waals surface area contributed by atoms with Gasteiger partial charge in [0.05, 0.1) is 24.8 Å². The number of likely N-dealkylation sites (N-methyl/N-ethyl adjacent to an activating group) is 1. The van der Waals surface area contributed by atoms with Gasteiger partial charge in [-0.1, -0.05) is 77.8 Å². The molecule has 9 nitrogen and oxygen atoms in total. The predicted molar refractivity (Wildman–Crippen MR) is 176 cm³/mol. The van der Waals surface area contributed by atoms with Crippen molar-refractivity contribution in [2.45, 2.75) is 23.9 Å². The van der Waals surface area contributed by atoms with Crippen molar-refractivity contribution in [2.75, 3.05) is 32.1 Å². The molecule has 12 heteroatoms. The highest BCUT2D eigenvalue weighted by atomic mass is 35.5. The maximum atomic E-state index is 14.5. The van der Waals surface area contributed by atoms with E-state index in [0.29, 0.717) is 21.4 Å². The average Bonchev–Trinajstić information content (AvgIpc) is 3.06. The van der Waals surface area contributed by atoms with E-state index in [-0.39, 0.29) is 29.3 Å². The molecule has 2 amide bonds. The molecule has 0 aliphatic carbocycles. The standard InChI is InChI=1S/C33H33Cl2N3O6S/c1-36-33(40)30(18-23-10-6-4-7-11-23)37(21-24-14-15-25(34)19-28(24)35)32(39)22-38(45(41,42)27-12-8-5-9-13-27)29-20-26(43-2)16-17-31(29)44-3/h4-17,19-20,30H,18,21-22H2,1-3H3,(H,36,40)/t30-/m0/s1. The summed E-state index contributed by atoms with van der Waals surface area (Å²) in [6, 6.07) is 25.4. The number of nitrogens with one attached hydrogen (secondary N) is 1. The Bertz CT molecular complexity index is 1740. The first-order valence-corrected chi connectivity index (χ1v) is 16.1. The van der Waals surface area contributed by atoms with E-state index in [1.54, 1.807) is 48.5 Å². The third-order valence-corrected chi connectivity index (χ3v) is 9.50. The van der Waals surface area contributed by atoms with Gasteiger partial charge in [-0.2, -0.15) is 0 Å². The van der Waals surface area contributed by atoms with Crippen molar-refractivity contribution in [2.24, 2.45) is 0 Å². The molecule has 0 saturated carbocycles. The molecule has 0 spiro atoms. The number of benzene rings is 4. The molecular formula is C33H33Cl2N3O6S. The molecular weight excluding hydrogens is 637 g/mol. The Morgan fingerprint density at radius 1 is 0.867 bits per heavy atom. The number of methoxy groups -OCH3 is 2. The van der Waals surface area contributed by atoms with Gasteiger partial charge in [-0.05, 0) is 47.5 Å². The van der Waals surface area contributed by atoms with Gasteiger partial charge in [0, 0.05) is 36.1 Å². The molecule has 0 unspecified atom stereocenters. The summed E-state index contributed by atoms with van der Waals surface area (Å²) in [5.74, 6) is -0.546. The van der Waals surface area contributed by atoms with Gasteiger partial charge in [-0.15, -0.1) is 0 Å². The zero-order valence-corrected chi connectivity index (χ0v) is 27.3. The zero-order chi connectivity index (χ0) is 32.6. The van der Waals surface area contributed by atoms with Crippen LogP contribution in [0.4, 0.5) is 5.69 Å². The summed E-state index contributed by atoms with van der Waals surface area (Å²) in [5, 5.41) is 3.34. The minimum Gasteiger partial charge on any atom is -0.497 e. The van der Waals surface area contributed by atoms with Crippen molar-refractivity contribution in [3.63, 3.8) is 0 Å². The van der Waals surface area contributed by atoms with E-state index in [4.69, 9.17) is 32.7 Å². The SMILES string of the molecule is CNC(=O)[C@H](Cc1ccccc1)N(Cc1ccc(Cl)cc1Cl)C(=O)CN(c1cc(OC)ccc1OC)S(=O)(=O)c1ccccc1. The summed E-state index contributed by atoms with van der Waals surface area (Å²) < 4.78 is 40.3. The van der Waals surface area contributed by atoms with E-state index in [9.17, 15) is 18.0 Å². The van der Waals surface area contributed by atoms with Crippen LogP contribution in [-0.2, 0) is 32.6 Å². The number of halogens is 2. The number of anilines is 1. The summed E-state index contributed by atoms with van der Waals surface area (Å²) in [5.41, 5.74) is 1.40. The number of carbonyl (C=O) groups is 2. The number of amides is 2. The lowest BCUT2D eigenvalue weighted by Crippen LogP contribution is -2.53. The summed E-state index contributed by atoms with van der Waals surface area (Å²) in [6.45, 7) is -0.775. The molecule has 0 radical (unpaired) electrons. The van der Waals surface area contributed by atoms with Gasteiger partial charge in [-0.25, -0.2) is 8.42 Å². The lowest BCUT2D eigenvalue weighted by atomic mass is 10.0. The van der Waals surface area contributed by atoms with Crippen LogP contribution in [0.2, 0.25) is 10.0 Å². The van der Waals surface area contributed by atoms with E-state index in [1.807, 2.05) is 30.3 Å². The smallest absolute Gasteiger partial charge is 0.264 e. The van der Waals surface area contributed by atoms with Crippen LogP contribution in [0.25, 0.3) is 0 Å². The van der Waals surface area contributed by atoms with Crippen LogP contribution < -0.4 is 19.1 Å². The molecule has 0 aromatic heterocycles. The number of rotatable bonds is 13. The van der Waals surface area contributed by atoms with Gasteiger partial charge < -0.3 is 19.7 Å². The molecule has 0 aliphatic rings. The third kappa shape index (κ3) is 8.08. The second-order valence-electron chi connectivity index (χ2n) is 9.94. The Balaban J connectivity index is 1.86. The lowest BCUT2D eigenvalue weighted by molar-refractivity contribution is -0.139. The molecule has 1 N–H and O–H groups in total. The summed E-state index contributed by atoms with van der Waals surface area (Å²) >= 11 is 12.7. The fraction of sp³-hybridized carbons (Fsp3) is 0.212. The number of hydrogen-bond donors (Lipinski definition) is 1. The molecule has 0 bridgehead atoms. The average molecular weight is 671 g/mol. The summed E-state index contributed by atoms with van der Waals surface area (Å²) in [6.07, 6.45) is 0.158. The molecule has 1 atom stereocenters. The van der Waals surface area contributed by atoms with Crippen LogP contribution >= 0.6 is 23.2 Å². The van der Waals surface area contributed by atoms with Crippen LogP contribution in [0.1, 0.15) is 11.1 Å². The molecule has 4 aromatic rings. The highest BCUT2D eigenvalue weighted by Crippen LogP contribution is 2.36. The lowest BCUT2D eigenvalue weighted by Gasteiger charge is -2.34. The van der Waals surface area contributed by atoms with E-state index < -0.39 is 34.4 Å². The number of ether oxygens (including phenoxy) is 2. The summed E-state index contributed by atoms with van der Waals surface area (Å²) in [7, 11) is -0.00749. The van der Waals surface area contributed by atoms with E-state index in [1.165, 1.54) is 44.4 Å². The highest BCUT2D eigenvalue weighted by molar-refractivity contribution is 7.92. The van der Waals surface area contributed by atoms with Crippen LogP contribution in [0.5, 0.6) is 11.5 Å². The maximum absolute atomic E-state index is 14.5. The van der Waals surface area contributed by atoms with Gasteiger partial charge in [-0.3, -0.25) is 13.9 Å². The second kappa shape index (κ2) is 15.2. The number of sulfonamides is 1. The van der Waals surface area contributed by atoms with Crippen LogP contribution in [0, 0.1) is 0 Å². The molecule has 0 aliphatic heterocycles. The van der Waals surface area contributed by atoms with Gasteiger partial charge in [0.2, 0.25) is 11.8 Å². The third-order valence-electron chi connectivity index (χ3n) is 7.14. The number of nitrogens with zero attached hydrogens (tertiary/aromatic N) is 2. The highest BCUT2D eigenvalue weighted by Gasteiger charge is 2.35. The molecule has 0 heterocycles. The van der Waals surface area contributed by atoms with Gasteiger partial charge in [0.15, 0.2) is 0 Å². The molecule has 4 aromatic carbocycles. The fourth-order valence-electron chi connectivity index (χ4n) is 4.78. The first kappa shape index (κ1) is 33.6. The largest absolute Gasteiger partial charge is 0.497 e. The monoisotopic (exact) mass is 669 g/mol. The van der Waals surface area contributed by atoms with E-state index in [0.717, 1.165) is 9.87 Å². The quantitative estimate of drug-likeness (QED) is 0.199. The molecule has 236 valence electrons. The van der Waals surface area contributed by atoms with Gasteiger partial charge >= 0.3 is 0 Å². The minimum absolute atomic E-state index is 0.0397. The van der Waals surface area contributed by atoms with Gasteiger partial charge in [0.1, 0.15) is 24.1 Å². The van der Waals surface area contributed by atoms with Crippen LogP contribution in [-0.4, -0.2) is 59.0 Å². The fourth-order valence-corrected chi connectivity index (χ4v) is 6.68. The van der Waals surface area contributed by atoms with Crippen molar-refractivity contribution in [3.05, 3.63) is 118 Å². The molecule has 0 fully saturated rings. The Morgan fingerprint density at radius 3 is 2.13 bits per heavy atom. The number of carbonyl (C=O) groups excluding carboxylic acids is 2. The Morgan fingerprint density at radius 2 is 1.53 bits per heavy atom. The predicted octanol–water partition coefficient (Wildman–Crippen LogP) is 5.59. The van der Waals surface area contributed by atoms with Crippen molar-refractivity contribution < 1.29 is 27.5 Å². The molecule has 0 saturated heterocycles. The first-order valence-electron chi connectivity index (χ1n) is 13.9. The normalized spacial score (nSPS) is 11.8. The van der Waals surface area contributed by atoms with Gasteiger partial charge in [0.25, 0.3) is 10.0 Å². The zero-order valence-electron chi connectivity index (χ0n) is 24.9. The maximum Gasteiger partial charge on any atom is 0.264 e. The second-order valence-corrected chi connectivity index (χ2v) is 12.6. The Hall–Kier alpha value is -4.25. The van der Waals surface area contributed by atoms with Crippen LogP contribution in [0.15, 0.2) is 102 Å². The Labute approximate surface area is 273 Å². The van der Waals surface area contributed by atoms with Crippen molar-refractivity contribution in [3.8, 4) is 11.5 Å². The number of hydrogen-bond acceptors (Lipinski definition) is 6. The summed E-state index contributed by atoms with van der Waals surface area (Å²) in [4.78, 5) is 29.2. The van der Waals surface area contributed by atoms with Crippen molar-refractivity contribution >= 4 is 50.7 Å². The first-order chi connectivity index (χ1) is 21.6. The van der Waals surface area contributed by atoms with Crippen molar-refractivity contribution in [1.82, 2.24) is 10.2 Å². The van der Waals surface area contributed by atoms with Crippen molar-refractivity contribution in [1.29, 1.82) is 0 Å². The van der Waals surface area contributed by atoms with Crippen LogP contribution in [0.3, 0.4) is 0 Å². The van der Waals surface area contributed by atoms with E-state index in [2.05, 4.69) is 5.32 Å².